The Morgan fingerprint density at radius 3 is 2.75 bits per heavy atom. The van der Waals surface area contributed by atoms with E-state index in [1.807, 2.05) is 17.5 Å². The minimum atomic E-state index is 0. The normalized spacial score (nSPS) is 10.8. The molecular formula is C15H25Cl2N5OS. The van der Waals surface area contributed by atoms with Crippen LogP contribution in [0.3, 0.4) is 0 Å². The largest absolute Gasteiger partial charge is 0.458 e. The Balaban J connectivity index is 0.00000264. The van der Waals surface area contributed by atoms with Crippen molar-refractivity contribution in [1.82, 2.24) is 4.98 Å². The van der Waals surface area contributed by atoms with Crippen LogP contribution in [0.25, 0.3) is 11.5 Å². The average Bonchev–Trinajstić information content (AvgIpc) is 3.15. The molecule has 0 spiro atoms. The van der Waals surface area contributed by atoms with Gasteiger partial charge in [0.05, 0.1) is 6.54 Å². The van der Waals surface area contributed by atoms with E-state index in [1.54, 1.807) is 0 Å². The molecule has 0 aliphatic heterocycles. The number of nitrogens with zero attached hydrogens (tertiary/aromatic N) is 2. The van der Waals surface area contributed by atoms with Crippen LogP contribution in [0.1, 0.15) is 38.4 Å². The number of guanidine groups is 1. The van der Waals surface area contributed by atoms with Crippen molar-refractivity contribution in [2.24, 2.45) is 16.5 Å². The monoisotopic (exact) mass is 393 g/mol. The number of hydrogen-bond acceptors (Lipinski definition) is 5. The highest BCUT2D eigenvalue weighted by atomic mass is 35.5. The summed E-state index contributed by atoms with van der Waals surface area (Å²) in [6.45, 7) is 3.32. The Morgan fingerprint density at radius 2 is 2.08 bits per heavy atom. The number of thiazole rings is 1. The Hall–Kier alpha value is -1.28. The first-order valence-corrected chi connectivity index (χ1v) is 8.42. The van der Waals surface area contributed by atoms with Gasteiger partial charge in [-0.2, -0.15) is 0 Å². The molecule has 0 radical (unpaired) electrons. The van der Waals surface area contributed by atoms with Crippen molar-refractivity contribution in [2.45, 2.75) is 39.2 Å². The first kappa shape index (κ1) is 22.7. The minimum Gasteiger partial charge on any atom is -0.458 e. The maximum absolute atomic E-state index is 5.86. The van der Waals surface area contributed by atoms with E-state index < -0.39 is 0 Å². The third kappa shape index (κ3) is 7.09. The molecule has 0 atom stereocenters. The molecule has 0 aliphatic carbocycles. The Kier molecular flexibility index (Phi) is 11.5. The molecular weight excluding hydrogens is 369 g/mol. The second kappa shape index (κ2) is 12.1. The quantitative estimate of drug-likeness (QED) is 0.357. The first-order valence-electron chi connectivity index (χ1n) is 7.54. The van der Waals surface area contributed by atoms with E-state index in [4.69, 9.17) is 15.9 Å². The van der Waals surface area contributed by atoms with Crippen LogP contribution < -0.4 is 16.8 Å². The zero-order chi connectivity index (χ0) is 15.8. The molecule has 0 aliphatic rings. The molecule has 2 rings (SSSR count). The molecule has 0 amide bonds. The fourth-order valence-electron chi connectivity index (χ4n) is 1.96. The summed E-state index contributed by atoms with van der Waals surface area (Å²) in [7, 11) is 0. The van der Waals surface area contributed by atoms with E-state index in [-0.39, 0.29) is 24.8 Å². The molecule has 24 heavy (non-hydrogen) atoms. The van der Waals surface area contributed by atoms with Crippen molar-refractivity contribution in [3.8, 4) is 11.5 Å². The van der Waals surface area contributed by atoms with Gasteiger partial charge in [-0.15, -0.1) is 36.2 Å². The van der Waals surface area contributed by atoms with Gasteiger partial charge in [0.25, 0.3) is 0 Å². The van der Waals surface area contributed by atoms with Gasteiger partial charge in [-0.1, -0.05) is 26.2 Å². The molecule has 2 aromatic heterocycles. The van der Waals surface area contributed by atoms with Gasteiger partial charge in [0, 0.05) is 11.9 Å². The van der Waals surface area contributed by atoms with Gasteiger partial charge in [-0.05, 0) is 18.6 Å². The van der Waals surface area contributed by atoms with Crippen molar-refractivity contribution in [3.63, 3.8) is 0 Å². The lowest BCUT2D eigenvalue weighted by Crippen LogP contribution is -2.22. The first-order chi connectivity index (χ1) is 10.7. The van der Waals surface area contributed by atoms with Gasteiger partial charge in [0.1, 0.15) is 11.5 Å². The minimum absolute atomic E-state index is 0. The third-order valence-corrected chi connectivity index (χ3v) is 3.91. The van der Waals surface area contributed by atoms with E-state index in [9.17, 15) is 0 Å². The number of furan rings is 1. The van der Waals surface area contributed by atoms with E-state index >= 15 is 0 Å². The van der Waals surface area contributed by atoms with Crippen LogP contribution >= 0.6 is 36.2 Å². The second-order valence-electron chi connectivity index (χ2n) is 4.96. The molecule has 0 bridgehead atoms. The summed E-state index contributed by atoms with van der Waals surface area (Å²) in [5.74, 6) is 1.85. The van der Waals surface area contributed by atoms with Crippen molar-refractivity contribution in [3.05, 3.63) is 23.3 Å². The van der Waals surface area contributed by atoms with Crippen LogP contribution in [-0.4, -0.2) is 17.5 Å². The van der Waals surface area contributed by atoms with Gasteiger partial charge < -0.3 is 21.2 Å². The summed E-state index contributed by atoms with van der Waals surface area (Å²) < 4.78 is 5.57. The zero-order valence-corrected chi connectivity index (χ0v) is 16.1. The van der Waals surface area contributed by atoms with Gasteiger partial charge in [0.15, 0.2) is 16.9 Å². The average molecular weight is 394 g/mol. The number of nitrogens with one attached hydrogen (secondary N) is 1. The van der Waals surface area contributed by atoms with Crippen molar-refractivity contribution in [2.75, 3.05) is 11.9 Å². The Bertz CT molecular complexity index is 615. The van der Waals surface area contributed by atoms with Crippen molar-refractivity contribution in [1.29, 1.82) is 0 Å². The highest BCUT2D eigenvalue weighted by Crippen LogP contribution is 2.26. The molecule has 0 unspecified atom stereocenters. The second-order valence-corrected chi connectivity index (χ2v) is 5.82. The molecule has 2 aromatic rings. The standard InChI is InChI=1S/C15H23N5OS.2ClH/c1-2-3-4-5-8-18-14(17)20-15-19-12(10-22-15)13-7-6-11(9-16)21-13;;/h6-7,10H,2-5,8-9,16H2,1H3,(H3,17,18,19,20);2*1H. The van der Waals surface area contributed by atoms with E-state index in [0.717, 1.165) is 24.4 Å². The number of hydrogen-bond donors (Lipinski definition) is 3. The number of aromatic nitrogens is 1. The number of halogens is 2. The summed E-state index contributed by atoms with van der Waals surface area (Å²) in [6.07, 6.45) is 4.72. The molecule has 6 nitrogen and oxygen atoms in total. The summed E-state index contributed by atoms with van der Waals surface area (Å²) >= 11 is 1.46. The maximum Gasteiger partial charge on any atom is 0.194 e. The number of rotatable bonds is 8. The summed E-state index contributed by atoms with van der Waals surface area (Å²) in [4.78, 5) is 8.74. The maximum atomic E-state index is 5.86. The Labute approximate surface area is 158 Å². The smallest absolute Gasteiger partial charge is 0.194 e. The SMILES string of the molecule is CCCCCCN=C(N)Nc1nc(-c2ccc(CN)o2)cs1.Cl.Cl. The van der Waals surface area contributed by atoms with Gasteiger partial charge in [-0.3, -0.25) is 4.99 Å². The van der Waals surface area contributed by atoms with E-state index in [0.29, 0.717) is 23.4 Å². The van der Waals surface area contributed by atoms with Gasteiger partial charge in [-0.25, -0.2) is 4.98 Å². The fourth-order valence-corrected chi connectivity index (χ4v) is 2.66. The fraction of sp³-hybridized carbons (Fsp3) is 0.467. The molecule has 0 aromatic carbocycles. The van der Waals surface area contributed by atoms with Crippen LogP contribution in [-0.2, 0) is 6.54 Å². The molecule has 9 heteroatoms. The molecule has 0 saturated carbocycles. The van der Waals surface area contributed by atoms with Gasteiger partial charge >= 0.3 is 0 Å². The van der Waals surface area contributed by atoms with Crippen molar-refractivity contribution < 1.29 is 4.42 Å². The van der Waals surface area contributed by atoms with Crippen molar-refractivity contribution >= 4 is 47.2 Å². The van der Waals surface area contributed by atoms with Crippen LogP contribution in [0.5, 0.6) is 0 Å². The predicted octanol–water partition coefficient (Wildman–Crippen LogP) is 4.01. The summed E-state index contributed by atoms with van der Waals surface area (Å²) in [5.41, 5.74) is 12.2. The number of unbranched alkanes of at least 4 members (excludes halogenated alkanes) is 3. The Morgan fingerprint density at radius 1 is 1.29 bits per heavy atom. The molecule has 136 valence electrons. The van der Waals surface area contributed by atoms with Crippen LogP contribution in [0, 0.1) is 0 Å². The van der Waals surface area contributed by atoms with Crippen LogP contribution in [0.4, 0.5) is 5.13 Å². The van der Waals surface area contributed by atoms with Gasteiger partial charge in [0.2, 0.25) is 0 Å². The number of nitrogens with two attached hydrogens (primary N) is 2. The zero-order valence-electron chi connectivity index (χ0n) is 13.7. The van der Waals surface area contributed by atoms with Crippen LogP contribution in [0.2, 0.25) is 0 Å². The lowest BCUT2D eigenvalue weighted by Gasteiger charge is -2.01. The molecule has 2 heterocycles. The number of anilines is 1. The lowest BCUT2D eigenvalue weighted by atomic mass is 10.2. The highest BCUT2D eigenvalue weighted by molar-refractivity contribution is 7.14. The molecule has 5 N–H and O–H groups in total. The third-order valence-electron chi connectivity index (χ3n) is 3.15. The summed E-state index contributed by atoms with van der Waals surface area (Å²) in [5, 5.41) is 5.63. The lowest BCUT2D eigenvalue weighted by molar-refractivity contribution is 0.524. The molecule has 0 fully saturated rings. The topological polar surface area (TPSA) is 102 Å². The summed E-state index contributed by atoms with van der Waals surface area (Å²) in [6, 6.07) is 3.72. The predicted molar refractivity (Wildman–Crippen MR) is 106 cm³/mol. The van der Waals surface area contributed by atoms with Crippen LogP contribution in [0.15, 0.2) is 26.9 Å². The molecule has 0 saturated heterocycles. The highest BCUT2D eigenvalue weighted by Gasteiger charge is 2.09. The van der Waals surface area contributed by atoms with E-state index in [1.165, 1.54) is 30.6 Å². The van der Waals surface area contributed by atoms with E-state index in [2.05, 4.69) is 22.2 Å². The number of aliphatic imine (C=N–C) groups is 1.